The van der Waals surface area contributed by atoms with Gasteiger partial charge in [-0.15, -0.1) is 11.3 Å². The number of nitrogens with zero attached hydrogens (tertiary/aromatic N) is 2. The third kappa shape index (κ3) is 2.38. The molecule has 20 heavy (non-hydrogen) atoms. The van der Waals surface area contributed by atoms with E-state index in [4.69, 9.17) is 4.98 Å². The van der Waals surface area contributed by atoms with Crippen LogP contribution in [0.3, 0.4) is 0 Å². The molecule has 0 aromatic carbocycles. The summed E-state index contributed by atoms with van der Waals surface area (Å²) in [6, 6.07) is 0. The largest absolute Gasteiger partial charge is 0.261 e. The highest BCUT2D eigenvalue weighted by Gasteiger charge is 2.47. The summed E-state index contributed by atoms with van der Waals surface area (Å²) >= 11 is 5.49. The first kappa shape index (κ1) is 16.1. The van der Waals surface area contributed by atoms with E-state index in [0.29, 0.717) is 16.6 Å². The van der Waals surface area contributed by atoms with E-state index >= 15 is 0 Å². The van der Waals surface area contributed by atoms with Crippen molar-refractivity contribution >= 4 is 50.2 Å². The van der Waals surface area contributed by atoms with Crippen LogP contribution in [0.4, 0.5) is 0 Å². The molecule has 0 unspecified atom stereocenters. The van der Waals surface area contributed by atoms with E-state index in [1.807, 2.05) is 23.7 Å². The predicted octanol–water partition coefficient (Wildman–Crippen LogP) is 5.34. The van der Waals surface area contributed by atoms with Crippen molar-refractivity contribution < 1.29 is 0 Å². The lowest BCUT2D eigenvalue weighted by molar-refractivity contribution is 0.834. The number of hydrogen-bond acceptors (Lipinski definition) is 3. The summed E-state index contributed by atoms with van der Waals surface area (Å²) in [5.41, 5.74) is 3.11. The van der Waals surface area contributed by atoms with Gasteiger partial charge < -0.3 is 0 Å². The molecule has 2 rings (SSSR count). The minimum absolute atomic E-state index is 0.690. The smallest absolute Gasteiger partial charge is 0.131 e. The summed E-state index contributed by atoms with van der Waals surface area (Å²) in [5, 5.41) is 0. The number of thiazole rings is 1. The molecule has 0 atom stereocenters. The molecule has 2 aromatic heterocycles. The standard InChI is InChI=1S/C15H23BrN2SSi/c1-9(2)20(10(3)4,11(5)6)15-18-13-8-17-7-12(16)14(13)19-15/h7-11H,1-6H3. The molecule has 0 spiro atoms. The Bertz CT molecular complexity index is 585. The molecule has 0 fully saturated rings. The number of hydrogen-bond donors (Lipinski definition) is 0. The van der Waals surface area contributed by atoms with Gasteiger partial charge in [0.05, 0.1) is 20.0 Å². The summed E-state index contributed by atoms with van der Waals surface area (Å²) in [6.07, 6.45) is 3.76. The second-order valence-electron chi connectivity index (χ2n) is 6.39. The van der Waals surface area contributed by atoms with Crippen LogP contribution in [0.15, 0.2) is 16.9 Å². The van der Waals surface area contributed by atoms with Crippen LogP contribution in [0.5, 0.6) is 0 Å². The Morgan fingerprint density at radius 3 is 2.00 bits per heavy atom. The lowest BCUT2D eigenvalue weighted by atomic mass is 10.5. The summed E-state index contributed by atoms with van der Waals surface area (Å²) in [5.74, 6) is 0. The van der Waals surface area contributed by atoms with Crippen LogP contribution >= 0.6 is 27.3 Å². The summed E-state index contributed by atoms with van der Waals surface area (Å²) in [4.78, 5) is 9.25. The molecule has 0 radical (unpaired) electrons. The zero-order valence-electron chi connectivity index (χ0n) is 13.1. The predicted molar refractivity (Wildman–Crippen MR) is 95.8 cm³/mol. The van der Waals surface area contributed by atoms with Crippen LogP contribution < -0.4 is 4.63 Å². The second-order valence-corrected chi connectivity index (χ2v) is 14.4. The number of pyridine rings is 1. The minimum atomic E-state index is -1.65. The lowest BCUT2D eigenvalue weighted by Crippen LogP contribution is -2.55. The maximum absolute atomic E-state index is 5.00. The van der Waals surface area contributed by atoms with Gasteiger partial charge in [-0.25, -0.2) is 4.98 Å². The molecule has 0 saturated heterocycles. The molecule has 2 aromatic rings. The van der Waals surface area contributed by atoms with Gasteiger partial charge in [0.15, 0.2) is 0 Å². The molecule has 2 heterocycles. The molecule has 0 aliphatic rings. The molecule has 110 valence electrons. The van der Waals surface area contributed by atoms with Crippen molar-refractivity contribution in [2.75, 3.05) is 0 Å². The first-order valence-electron chi connectivity index (χ1n) is 7.22. The van der Waals surface area contributed by atoms with Gasteiger partial charge in [-0.05, 0) is 32.6 Å². The number of rotatable bonds is 4. The molecule has 0 N–H and O–H groups in total. The minimum Gasteiger partial charge on any atom is -0.261 e. The van der Waals surface area contributed by atoms with E-state index in [2.05, 4.69) is 62.5 Å². The van der Waals surface area contributed by atoms with Gasteiger partial charge in [0.1, 0.15) is 13.6 Å². The number of aromatic nitrogens is 2. The highest BCUT2D eigenvalue weighted by Crippen LogP contribution is 2.42. The van der Waals surface area contributed by atoms with Gasteiger partial charge in [0, 0.05) is 6.20 Å². The second kappa shape index (κ2) is 5.85. The molecule has 0 amide bonds. The van der Waals surface area contributed by atoms with Crippen molar-refractivity contribution in [3.8, 4) is 0 Å². The van der Waals surface area contributed by atoms with Gasteiger partial charge >= 0.3 is 0 Å². The monoisotopic (exact) mass is 370 g/mol. The molecule has 0 bridgehead atoms. The van der Waals surface area contributed by atoms with E-state index < -0.39 is 8.07 Å². The topological polar surface area (TPSA) is 25.8 Å². The van der Waals surface area contributed by atoms with Crippen molar-refractivity contribution in [1.29, 1.82) is 0 Å². The Morgan fingerprint density at radius 1 is 1.00 bits per heavy atom. The van der Waals surface area contributed by atoms with E-state index in [1.54, 1.807) is 0 Å². The van der Waals surface area contributed by atoms with E-state index in [1.165, 1.54) is 9.33 Å². The van der Waals surface area contributed by atoms with Crippen molar-refractivity contribution in [2.45, 2.75) is 58.2 Å². The van der Waals surface area contributed by atoms with Crippen LogP contribution in [0.2, 0.25) is 16.6 Å². The zero-order valence-corrected chi connectivity index (χ0v) is 16.5. The van der Waals surface area contributed by atoms with Crippen molar-refractivity contribution in [3.63, 3.8) is 0 Å². The normalized spacial score (nSPS) is 13.1. The number of halogens is 1. The van der Waals surface area contributed by atoms with Crippen molar-refractivity contribution in [2.24, 2.45) is 0 Å². The van der Waals surface area contributed by atoms with Gasteiger partial charge in [0.25, 0.3) is 0 Å². The van der Waals surface area contributed by atoms with Gasteiger partial charge in [-0.3, -0.25) is 4.98 Å². The maximum Gasteiger partial charge on any atom is 0.131 e. The fraction of sp³-hybridized carbons (Fsp3) is 0.600. The fourth-order valence-corrected chi connectivity index (χ4v) is 13.9. The Labute approximate surface area is 135 Å². The molecule has 0 aliphatic carbocycles. The van der Waals surface area contributed by atoms with Crippen LogP contribution in [-0.4, -0.2) is 18.0 Å². The van der Waals surface area contributed by atoms with E-state index in [9.17, 15) is 0 Å². The Kier molecular flexibility index (Phi) is 4.71. The summed E-state index contributed by atoms with van der Waals surface area (Å²) in [6.45, 7) is 14.3. The fourth-order valence-electron chi connectivity index (χ4n) is 3.75. The first-order valence-corrected chi connectivity index (χ1v) is 11.1. The lowest BCUT2D eigenvalue weighted by Gasteiger charge is -2.41. The van der Waals surface area contributed by atoms with Gasteiger partial charge in [0.2, 0.25) is 0 Å². The number of fused-ring (bicyclic) bond motifs is 1. The molecular weight excluding hydrogens is 348 g/mol. The van der Waals surface area contributed by atoms with Crippen LogP contribution in [0, 0.1) is 0 Å². The van der Waals surface area contributed by atoms with E-state index in [-0.39, 0.29) is 0 Å². The Morgan fingerprint density at radius 2 is 1.55 bits per heavy atom. The molecular formula is C15H23BrN2SSi. The molecule has 0 saturated carbocycles. The Balaban J connectivity index is 2.72. The van der Waals surface area contributed by atoms with Crippen LogP contribution in [0.25, 0.3) is 10.2 Å². The Hall–Kier alpha value is -0.263. The average molecular weight is 371 g/mol. The summed E-state index contributed by atoms with van der Waals surface area (Å²) in [7, 11) is -1.65. The highest BCUT2D eigenvalue weighted by atomic mass is 79.9. The van der Waals surface area contributed by atoms with Crippen molar-refractivity contribution in [1.82, 2.24) is 9.97 Å². The quantitative estimate of drug-likeness (QED) is 0.678. The van der Waals surface area contributed by atoms with Gasteiger partial charge in [-0.2, -0.15) is 0 Å². The zero-order chi connectivity index (χ0) is 15.1. The molecule has 2 nitrogen and oxygen atoms in total. The maximum atomic E-state index is 5.00. The third-order valence-electron chi connectivity index (χ3n) is 4.49. The molecule has 0 aliphatic heterocycles. The average Bonchev–Trinajstić information content (AvgIpc) is 2.73. The van der Waals surface area contributed by atoms with Gasteiger partial charge in [-0.1, -0.05) is 41.5 Å². The van der Waals surface area contributed by atoms with Crippen LogP contribution in [-0.2, 0) is 0 Å². The van der Waals surface area contributed by atoms with Crippen molar-refractivity contribution in [3.05, 3.63) is 16.9 Å². The van der Waals surface area contributed by atoms with Crippen LogP contribution in [0.1, 0.15) is 41.5 Å². The van der Waals surface area contributed by atoms with E-state index in [0.717, 1.165) is 9.99 Å². The highest BCUT2D eigenvalue weighted by molar-refractivity contribution is 9.10. The third-order valence-corrected chi connectivity index (χ3v) is 14.2. The summed E-state index contributed by atoms with van der Waals surface area (Å²) < 4.78 is 3.70. The molecule has 5 heteroatoms. The SMILES string of the molecule is CC(C)[Si](c1nc2cncc(Br)c2s1)(C(C)C)C(C)C. The first-order chi connectivity index (χ1) is 9.31.